The Morgan fingerprint density at radius 2 is 1.85 bits per heavy atom. The Balaban J connectivity index is 0.00000160. The van der Waals surface area contributed by atoms with Crippen LogP contribution in [-0.2, 0) is 20.1 Å². The van der Waals surface area contributed by atoms with E-state index in [4.69, 9.17) is 4.42 Å². The van der Waals surface area contributed by atoms with E-state index >= 15 is 0 Å². The van der Waals surface area contributed by atoms with Crippen LogP contribution in [0.4, 0.5) is 0 Å². The van der Waals surface area contributed by atoms with Gasteiger partial charge in [0.2, 0.25) is 0 Å². The first-order valence-corrected chi connectivity index (χ1v) is 9.65. The van der Waals surface area contributed by atoms with Crippen LogP contribution in [0, 0.1) is 17.9 Å². The predicted molar refractivity (Wildman–Crippen MR) is 104 cm³/mol. The summed E-state index contributed by atoms with van der Waals surface area (Å²) < 4.78 is 6.52. The Morgan fingerprint density at radius 3 is 2.63 bits per heavy atom. The van der Waals surface area contributed by atoms with Gasteiger partial charge < -0.3 is 9.40 Å². The van der Waals surface area contributed by atoms with Gasteiger partial charge in [-0.1, -0.05) is 47.7 Å². The summed E-state index contributed by atoms with van der Waals surface area (Å²) in [5, 5.41) is 2.40. The van der Waals surface area contributed by atoms with E-state index in [0.717, 1.165) is 34.3 Å². The summed E-state index contributed by atoms with van der Waals surface area (Å²) in [4.78, 5) is 4.51. The van der Waals surface area contributed by atoms with E-state index in [2.05, 4.69) is 35.3 Å². The molecule has 0 spiro atoms. The first kappa shape index (κ1) is 17.2. The number of pyridine rings is 1. The Labute approximate surface area is 172 Å². The van der Waals surface area contributed by atoms with E-state index in [1.165, 1.54) is 42.0 Å². The standard InChI is InChI=1S/C24H20NO.Ir/c1-2-12-25-22(9-1)20-8-4-6-18-17-5-3-7-19(23(17)26-24(18)20)21-14-15-10-11-16(21)13-15;/h1-7,9,12,15-16,21H,10-11,13-14H2;/q-1;. The Hall–Kier alpha value is -1.96. The molecule has 2 nitrogen and oxygen atoms in total. The van der Waals surface area contributed by atoms with Gasteiger partial charge in [-0.25, -0.2) is 0 Å². The minimum Gasteiger partial charge on any atom is -0.500 e. The number of para-hydroxylation sites is 1. The van der Waals surface area contributed by atoms with Gasteiger partial charge >= 0.3 is 0 Å². The largest absolute Gasteiger partial charge is 0.500 e. The molecule has 2 aromatic heterocycles. The molecule has 2 aliphatic rings. The molecule has 137 valence electrons. The molecule has 2 fully saturated rings. The molecule has 2 aliphatic carbocycles. The van der Waals surface area contributed by atoms with Crippen LogP contribution in [-0.4, -0.2) is 4.98 Å². The molecule has 27 heavy (non-hydrogen) atoms. The molecular weight excluding hydrogens is 510 g/mol. The van der Waals surface area contributed by atoms with Crippen LogP contribution in [0.25, 0.3) is 33.2 Å². The van der Waals surface area contributed by atoms with Crippen molar-refractivity contribution in [3.63, 3.8) is 0 Å². The molecule has 0 N–H and O–H groups in total. The van der Waals surface area contributed by atoms with Crippen LogP contribution in [0.3, 0.4) is 0 Å². The number of hydrogen-bond donors (Lipinski definition) is 0. The molecule has 0 saturated heterocycles. The third-order valence-corrected chi connectivity index (χ3v) is 6.55. The Kier molecular flexibility index (Phi) is 4.18. The fourth-order valence-electron chi connectivity index (χ4n) is 5.40. The third kappa shape index (κ3) is 2.60. The number of aromatic nitrogens is 1. The summed E-state index contributed by atoms with van der Waals surface area (Å²) in [5.74, 6) is 2.45. The number of benzene rings is 2. The molecule has 2 aromatic carbocycles. The van der Waals surface area contributed by atoms with Gasteiger partial charge in [-0.15, -0.1) is 18.2 Å². The summed E-state index contributed by atoms with van der Waals surface area (Å²) >= 11 is 0. The molecule has 1 radical (unpaired) electrons. The summed E-state index contributed by atoms with van der Waals surface area (Å²) in [5.41, 5.74) is 5.28. The first-order valence-electron chi connectivity index (χ1n) is 9.65. The van der Waals surface area contributed by atoms with Crippen molar-refractivity contribution in [2.24, 2.45) is 11.8 Å². The van der Waals surface area contributed by atoms with Crippen LogP contribution in [0.5, 0.6) is 0 Å². The fourth-order valence-corrected chi connectivity index (χ4v) is 5.40. The number of furan rings is 1. The first-order chi connectivity index (χ1) is 12.9. The van der Waals surface area contributed by atoms with Gasteiger partial charge in [0, 0.05) is 31.7 Å². The second-order valence-electron chi connectivity index (χ2n) is 7.92. The van der Waals surface area contributed by atoms with E-state index in [1.807, 2.05) is 30.5 Å². The second kappa shape index (κ2) is 6.58. The zero-order chi connectivity index (χ0) is 17.1. The van der Waals surface area contributed by atoms with Crippen LogP contribution < -0.4 is 0 Å². The summed E-state index contributed by atoms with van der Waals surface area (Å²) in [6.07, 6.45) is 7.38. The molecule has 0 amide bonds. The predicted octanol–water partition coefficient (Wildman–Crippen LogP) is 6.35. The van der Waals surface area contributed by atoms with E-state index in [-0.39, 0.29) is 20.1 Å². The van der Waals surface area contributed by atoms with Gasteiger partial charge in [-0.05, 0) is 54.3 Å². The maximum absolute atomic E-state index is 6.52. The Bertz CT molecular complexity index is 1120. The average molecular weight is 531 g/mol. The van der Waals surface area contributed by atoms with Crippen LogP contribution in [0.15, 0.2) is 59.1 Å². The monoisotopic (exact) mass is 531 g/mol. The zero-order valence-corrected chi connectivity index (χ0v) is 17.3. The Morgan fingerprint density at radius 1 is 0.926 bits per heavy atom. The number of hydrogen-bond acceptors (Lipinski definition) is 2. The molecule has 0 aliphatic heterocycles. The average Bonchev–Trinajstić information content (AvgIpc) is 3.42. The molecule has 4 aromatic rings. The van der Waals surface area contributed by atoms with Gasteiger partial charge in [0.25, 0.3) is 0 Å². The van der Waals surface area contributed by atoms with Crippen molar-refractivity contribution < 1.29 is 24.5 Å². The van der Waals surface area contributed by atoms with Crippen molar-refractivity contribution in [1.29, 1.82) is 0 Å². The molecular formula is C24H20IrNO-. The topological polar surface area (TPSA) is 26.0 Å². The van der Waals surface area contributed by atoms with Gasteiger partial charge in [-0.2, -0.15) is 0 Å². The van der Waals surface area contributed by atoms with E-state index in [0.29, 0.717) is 5.92 Å². The number of nitrogens with zero attached hydrogens (tertiary/aromatic N) is 1. The minimum absolute atomic E-state index is 0. The van der Waals surface area contributed by atoms with Gasteiger partial charge in [-0.3, -0.25) is 0 Å². The maximum Gasteiger partial charge on any atom is 0.124 e. The van der Waals surface area contributed by atoms with Crippen LogP contribution in [0.2, 0.25) is 0 Å². The normalized spacial score (nSPS) is 23.8. The van der Waals surface area contributed by atoms with Crippen molar-refractivity contribution in [2.45, 2.75) is 31.6 Å². The van der Waals surface area contributed by atoms with E-state index in [1.54, 1.807) is 0 Å². The van der Waals surface area contributed by atoms with Crippen LogP contribution >= 0.6 is 0 Å². The second-order valence-corrected chi connectivity index (χ2v) is 7.92. The van der Waals surface area contributed by atoms with Gasteiger partial charge in [0.05, 0.1) is 5.58 Å². The number of fused-ring (bicyclic) bond motifs is 5. The van der Waals surface area contributed by atoms with Crippen LogP contribution in [0.1, 0.15) is 37.2 Å². The smallest absolute Gasteiger partial charge is 0.124 e. The van der Waals surface area contributed by atoms with E-state index < -0.39 is 0 Å². The van der Waals surface area contributed by atoms with Crippen molar-refractivity contribution in [3.05, 3.63) is 66.4 Å². The zero-order valence-electron chi connectivity index (χ0n) is 14.9. The van der Waals surface area contributed by atoms with Crippen molar-refractivity contribution in [1.82, 2.24) is 4.98 Å². The molecule has 6 rings (SSSR count). The molecule has 3 heteroatoms. The van der Waals surface area contributed by atoms with Crippen molar-refractivity contribution >= 4 is 21.9 Å². The summed E-state index contributed by atoms with van der Waals surface area (Å²) in [7, 11) is 0. The SMILES string of the molecule is [Ir].[c-]1ccc2c(oc3c(C4CC5CCC4C5)cccc32)c1-c1ccccn1. The summed E-state index contributed by atoms with van der Waals surface area (Å²) in [6.45, 7) is 0. The molecule has 3 unspecified atom stereocenters. The molecule has 2 heterocycles. The van der Waals surface area contributed by atoms with Crippen molar-refractivity contribution in [2.75, 3.05) is 0 Å². The molecule has 2 saturated carbocycles. The molecule has 2 bridgehead atoms. The number of rotatable bonds is 2. The maximum atomic E-state index is 6.52. The fraction of sp³-hybridized carbons (Fsp3) is 0.292. The van der Waals surface area contributed by atoms with E-state index in [9.17, 15) is 0 Å². The van der Waals surface area contributed by atoms with Gasteiger partial charge in [0.1, 0.15) is 5.58 Å². The molecule has 3 atom stereocenters. The van der Waals surface area contributed by atoms with Gasteiger partial charge in [0.15, 0.2) is 0 Å². The van der Waals surface area contributed by atoms with Crippen molar-refractivity contribution in [3.8, 4) is 11.3 Å². The third-order valence-electron chi connectivity index (χ3n) is 6.55. The quantitative estimate of drug-likeness (QED) is 0.282. The minimum atomic E-state index is 0. The summed E-state index contributed by atoms with van der Waals surface area (Å²) in [6, 6.07) is 20.1.